The molecule has 0 saturated carbocycles. The number of rotatable bonds is 4. The topological polar surface area (TPSA) is 46.3 Å². The first kappa shape index (κ1) is 14.4. The minimum Gasteiger partial charge on any atom is -0.398 e. The molecule has 0 radical (unpaired) electrons. The van der Waals surface area contributed by atoms with Gasteiger partial charge in [0.2, 0.25) is 0 Å². The van der Waals surface area contributed by atoms with Crippen LogP contribution in [0.4, 0.5) is 5.69 Å². The molecule has 0 heterocycles. The van der Waals surface area contributed by atoms with Crippen molar-refractivity contribution in [3.8, 4) is 0 Å². The molecule has 20 heavy (non-hydrogen) atoms. The number of nitrogen functional groups attached to an aromatic ring is 1. The molecule has 0 aliphatic carbocycles. The van der Waals surface area contributed by atoms with Crippen molar-refractivity contribution in [1.29, 1.82) is 0 Å². The molecule has 0 unspecified atom stereocenters. The lowest BCUT2D eigenvalue weighted by Crippen LogP contribution is -2.29. The van der Waals surface area contributed by atoms with Crippen molar-refractivity contribution in [3.05, 3.63) is 42.0 Å². The lowest BCUT2D eigenvalue weighted by atomic mass is 10.0. The monoisotopic (exact) mass is 270 g/mol. The van der Waals surface area contributed by atoms with Crippen LogP contribution in [-0.2, 0) is 0 Å². The number of nitrogens with two attached hydrogens (primary N) is 1. The van der Waals surface area contributed by atoms with E-state index < -0.39 is 0 Å². The number of amides is 1. The van der Waals surface area contributed by atoms with Gasteiger partial charge in [-0.25, -0.2) is 0 Å². The number of carbonyl (C=O) groups is 1. The molecule has 0 aliphatic heterocycles. The van der Waals surface area contributed by atoms with Crippen LogP contribution in [0.2, 0.25) is 0 Å². The van der Waals surface area contributed by atoms with E-state index in [2.05, 4.69) is 13.8 Å². The van der Waals surface area contributed by atoms with Crippen molar-refractivity contribution in [2.24, 2.45) is 5.92 Å². The van der Waals surface area contributed by atoms with Gasteiger partial charge in [-0.3, -0.25) is 4.79 Å². The average molecular weight is 270 g/mol. The third-order valence-electron chi connectivity index (χ3n) is 3.54. The summed E-state index contributed by atoms with van der Waals surface area (Å²) < 4.78 is 0. The maximum absolute atomic E-state index is 12.5. The summed E-state index contributed by atoms with van der Waals surface area (Å²) >= 11 is 0. The highest BCUT2D eigenvalue weighted by Crippen LogP contribution is 2.23. The Morgan fingerprint density at radius 2 is 1.80 bits per heavy atom. The van der Waals surface area contributed by atoms with E-state index in [-0.39, 0.29) is 5.91 Å². The lowest BCUT2D eigenvalue weighted by Gasteiger charge is -2.19. The molecule has 2 rings (SSSR count). The van der Waals surface area contributed by atoms with Crippen molar-refractivity contribution in [2.45, 2.75) is 20.3 Å². The Hall–Kier alpha value is -2.03. The molecule has 0 saturated heterocycles. The van der Waals surface area contributed by atoms with Gasteiger partial charge < -0.3 is 10.6 Å². The summed E-state index contributed by atoms with van der Waals surface area (Å²) in [6.07, 6.45) is 0.996. The van der Waals surface area contributed by atoms with E-state index in [9.17, 15) is 4.79 Å². The largest absolute Gasteiger partial charge is 0.398 e. The smallest absolute Gasteiger partial charge is 0.255 e. The Balaban J connectivity index is 2.27. The fourth-order valence-corrected chi connectivity index (χ4v) is 2.20. The Morgan fingerprint density at radius 3 is 2.40 bits per heavy atom. The fourth-order valence-electron chi connectivity index (χ4n) is 2.20. The highest BCUT2D eigenvalue weighted by atomic mass is 16.2. The third kappa shape index (κ3) is 3.10. The summed E-state index contributed by atoms with van der Waals surface area (Å²) in [7, 11) is 1.83. The number of hydrogen-bond donors (Lipinski definition) is 1. The van der Waals surface area contributed by atoms with Gasteiger partial charge in [-0.2, -0.15) is 0 Å². The summed E-state index contributed by atoms with van der Waals surface area (Å²) in [5, 5.41) is 2.11. The summed E-state index contributed by atoms with van der Waals surface area (Å²) in [6, 6.07) is 11.7. The van der Waals surface area contributed by atoms with Gasteiger partial charge >= 0.3 is 0 Å². The van der Waals surface area contributed by atoms with Gasteiger partial charge in [-0.15, -0.1) is 0 Å². The molecule has 2 N–H and O–H groups in total. The molecule has 1 amide bonds. The second-order valence-corrected chi connectivity index (χ2v) is 5.70. The van der Waals surface area contributed by atoms with Gasteiger partial charge in [0.05, 0.1) is 5.56 Å². The van der Waals surface area contributed by atoms with Crippen LogP contribution in [0.3, 0.4) is 0 Å². The van der Waals surface area contributed by atoms with Gasteiger partial charge in [-0.05, 0) is 35.2 Å². The van der Waals surface area contributed by atoms with E-state index >= 15 is 0 Å². The maximum atomic E-state index is 12.5. The summed E-state index contributed by atoms with van der Waals surface area (Å²) in [5.41, 5.74) is 7.17. The van der Waals surface area contributed by atoms with Gasteiger partial charge in [0.15, 0.2) is 0 Å². The SMILES string of the molecule is CC(C)CCN(C)C(=O)c1cc2ccccc2cc1N. The summed E-state index contributed by atoms with van der Waals surface area (Å²) in [4.78, 5) is 14.2. The quantitative estimate of drug-likeness (QED) is 0.864. The third-order valence-corrected chi connectivity index (χ3v) is 3.54. The maximum Gasteiger partial charge on any atom is 0.255 e. The van der Waals surface area contributed by atoms with Crippen LogP contribution in [0.5, 0.6) is 0 Å². The van der Waals surface area contributed by atoms with Crippen molar-refractivity contribution < 1.29 is 4.79 Å². The van der Waals surface area contributed by atoms with Gasteiger partial charge in [0.1, 0.15) is 0 Å². The van der Waals surface area contributed by atoms with E-state index in [4.69, 9.17) is 5.73 Å². The summed E-state index contributed by atoms with van der Waals surface area (Å²) in [5.74, 6) is 0.577. The van der Waals surface area contributed by atoms with Crippen molar-refractivity contribution >= 4 is 22.4 Å². The van der Waals surface area contributed by atoms with Crippen LogP contribution in [0, 0.1) is 5.92 Å². The predicted molar refractivity (Wildman–Crippen MR) is 84.8 cm³/mol. The highest BCUT2D eigenvalue weighted by Gasteiger charge is 2.15. The van der Waals surface area contributed by atoms with Crippen molar-refractivity contribution in [3.63, 3.8) is 0 Å². The number of nitrogens with zero attached hydrogens (tertiary/aromatic N) is 1. The molecule has 0 aromatic heterocycles. The van der Waals surface area contributed by atoms with Crippen LogP contribution in [0.25, 0.3) is 10.8 Å². The summed E-state index contributed by atoms with van der Waals surface area (Å²) in [6.45, 7) is 5.06. The van der Waals surface area contributed by atoms with Gasteiger partial charge in [-0.1, -0.05) is 38.1 Å². The Labute approximate surface area is 120 Å². The molecular weight excluding hydrogens is 248 g/mol. The van der Waals surface area contributed by atoms with E-state index in [1.54, 1.807) is 4.90 Å². The molecule has 106 valence electrons. The minimum absolute atomic E-state index is 0.00565. The van der Waals surface area contributed by atoms with Gasteiger partial charge in [0.25, 0.3) is 5.91 Å². The van der Waals surface area contributed by atoms with E-state index in [1.807, 2.05) is 43.4 Å². The Morgan fingerprint density at radius 1 is 1.20 bits per heavy atom. The standard InChI is InChI=1S/C17H22N2O/c1-12(2)8-9-19(3)17(20)15-10-13-6-4-5-7-14(13)11-16(15)18/h4-7,10-12H,8-9,18H2,1-3H3. The first-order chi connectivity index (χ1) is 9.49. The van der Waals surface area contributed by atoms with E-state index in [0.29, 0.717) is 17.2 Å². The Bertz CT molecular complexity index is 619. The molecule has 2 aromatic carbocycles. The van der Waals surface area contributed by atoms with Crippen molar-refractivity contribution in [2.75, 3.05) is 19.3 Å². The van der Waals surface area contributed by atoms with Crippen LogP contribution < -0.4 is 5.73 Å². The zero-order valence-electron chi connectivity index (χ0n) is 12.4. The molecule has 3 nitrogen and oxygen atoms in total. The van der Waals surface area contributed by atoms with E-state index in [1.165, 1.54) is 0 Å². The lowest BCUT2D eigenvalue weighted by molar-refractivity contribution is 0.0790. The second-order valence-electron chi connectivity index (χ2n) is 5.70. The molecule has 2 aromatic rings. The molecule has 0 atom stereocenters. The fraction of sp³-hybridized carbons (Fsp3) is 0.353. The first-order valence-corrected chi connectivity index (χ1v) is 7.02. The Kier molecular flexibility index (Phi) is 4.28. The van der Waals surface area contributed by atoms with Gasteiger partial charge in [0, 0.05) is 19.3 Å². The predicted octanol–water partition coefficient (Wildman–Crippen LogP) is 3.54. The molecular formula is C17H22N2O. The van der Waals surface area contributed by atoms with Crippen LogP contribution >= 0.6 is 0 Å². The highest BCUT2D eigenvalue weighted by molar-refractivity contribution is 6.03. The molecule has 3 heteroatoms. The van der Waals surface area contributed by atoms with Crippen LogP contribution in [0.15, 0.2) is 36.4 Å². The molecule has 0 bridgehead atoms. The zero-order chi connectivity index (χ0) is 14.7. The number of carbonyl (C=O) groups excluding carboxylic acids is 1. The van der Waals surface area contributed by atoms with E-state index in [0.717, 1.165) is 23.7 Å². The first-order valence-electron chi connectivity index (χ1n) is 7.02. The number of fused-ring (bicyclic) bond motifs is 1. The van der Waals surface area contributed by atoms with Crippen LogP contribution in [-0.4, -0.2) is 24.4 Å². The zero-order valence-corrected chi connectivity index (χ0v) is 12.4. The number of hydrogen-bond acceptors (Lipinski definition) is 2. The molecule has 0 fully saturated rings. The van der Waals surface area contributed by atoms with Crippen LogP contribution in [0.1, 0.15) is 30.6 Å². The van der Waals surface area contributed by atoms with Crippen molar-refractivity contribution in [1.82, 2.24) is 4.90 Å². The second kappa shape index (κ2) is 5.95. The minimum atomic E-state index is -0.00565. The normalized spacial score (nSPS) is 11.0. The number of anilines is 1. The average Bonchev–Trinajstić information content (AvgIpc) is 2.43. The number of benzene rings is 2. The molecule has 0 aliphatic rings. The molecule has 0 spiro atoms.